The van der Waals surface area contributed by atoms with E-state index in [4.69, 9.17) is 21.7 Å². The highest BCUT2D eigenvalue weighted by Gasteiger charge is 2.31. The molecule has 0 bridgehead atoms. The van der Waals surface area contributed by atoms with Crippen LogP contribution in [-0.2, 0) is 17.9 Å². The van der Waals surface area contributed by atoms with Crippen molar-refractivity contribution in [1.29, 1.82) is 0 Å². The van der Waals surface area contributed by atoms with Gasteiger partial charge in [0.05, 0.1) is 18.6 Å². The van der Waals surface area contributed by atoms with Crippen LogP contribution < -0.4 is 9.47 Å². The number of amides is 1. The van der Waals surface area contributed by atoms with E-state index in [9.17, 15) is 4.79 Å². The average molecular weight is 573 g/mol. The van der Waals surface area contributed by atoms with Gasteiger partial charge in [-0.25, -0.2) is 0 Å². The van der Waals surface area contributed by atoms with Crippen molar-refractivity contribution in [3.8, 4) is 11.5 Å². The van der Waals surface area contributed by atoms with Crippen LogP contribution in [0.3, 0.4) is 0 Å². The first-order chi connectivity index (χ1) is 15.5. The number of rotatable bonds is 7. The molecule has 0 atom stereocenters. The lowest BCUT2D eigenvalue weighted by Crippen LogP contribution is -2.27. The highest BCUT2D eigenvalue weighted by Crippen LogP contribution is 2.34. The fourth-order valence-electron chi connectivity index (χ4n) is 3.11. The maximum absolute atomic E-state index is 12.9. The van der Waals surface area contributed by atoms with Crippen molar-refractivity contribution in [2.75, 3.05) is 7.11 Å². The number of carbonyl (C=O) groups is 1. The summed E-state index contributed by atoms with van der Waals surface area (Å²) in [7, 11) is 1.63. The average Bonchev–Trinajstić information content (AvgIpc) is 3.07. The minimum atomic E-state index is -0.0742. The van der Waals surface area contributed by atoms with Gasteiger partial charge in [-0.2, -0.15) is 0 Å². The van der Waals surface area contributed by atoms with Gasteiger partial charge in [-0.1, -0.05) is 60.4 Å². The van der Waals surface area contributed by atoms with Gasteiger partial charge in [-0.15, -0.1) is 0 Å². The number of nitrogens with zero attached hydrogens (tertiary/aromatic N) is 1. The van der Waals surface area contributed by atoms with Crippen LogP contribution in [0.25, 0.3) is 6.08 Å². The Morgan fingerprint density at radius 3 is 2.22 bits per heavy atom. The quantitative estimate of drug-likeness (QED) is 0.189. The van der Waals surface area contributed by atoms with Crippen molar-refractivity contribution >= 4 is 62.9 Å². The van der Waals surface area contributed by atoms with Crippen LogP contribution in [0, 0.1) is 3.57 Å². The molecule has 0 saturated carbocycles. The molecule has 0 aromatic heterocycles. The van der Waals surface area contributed by atoms with Crippen LogP contribution in [0.5, 0.6) is 11.5 Å². The summed E-state index contributed by atoms with van der Waals surface area (Å²) in [6.07, 6.45) is 1.87. The summed E-state index contributed by atoms with van der Waals surface area (Å²) in [5, 5.41) is 0. The highest BCUT2D eigenvalue weighted by atomic mass is 127. The van der Waals surface area contributed by atoms with E-state index >= 15 is 0 Å². The number of hydrogen-bond donors (Lipinski definition) is 0. The molecule has 7 heteroatoms. The van der Waals surface area contributed by atoms with E-state index in [1.54, 1.807) is 12.0 Å². The first kappa shape index (κ1) is 22.8. The van der Waals surface area contributed by atoms with Crippen LogP contribution in [-0.4, -0.2) is 22.2 Å². The summed E-state index contributed by atoms with van der Waals surface area (Å²) in [5.41, 5.74) is 3.05. The lowest BCUT2D eigenvalue weighted by Gasteiger charge is -2.14. The van der Waals surface area contributed by atoms with Crippen molar-refractivity contribution in [1.82, 2.24) is 4.90 Å². The van der Waals surface area contributed by atoms with Crippen LogP contribution in [0.4, 0.5) is 0 Å². The molecular weight excluding hydrogens is 553 g/mol. The predicted molar refractivity (Wildman–Crippen MR) is 142 cm³/mol. The van der Waals surface area contributed by atoms with E-state index in [-0.39, 0.29) is 5.91 Å². The fourth-order valence-corrected chi connectivity index (χ4v) is 4.72. The molecule has 32 heavy (non-hydrogen) atoms. The highest BCUT2D eigenvalue weighted by molar-refractivity contribution is 14.1. The third-order valence-corrected chi connectivity index (χ3v) is 6.97. The van der Waals surface area contributed by atoms with Gasteiger partial charge in [0.2, 0.25) is 0 Å². The minimum Gasteiger partial charge on any atom is -0.497 e. The smallest absolute Gasteiger partial charge is 0.266 e. The van der Waals surface area contributed by atoms with Gasteiger partial charge in [0.25, 0.3) is 5.91 Å². The molecule has 1 amide bonds. The molecule has 1 aliphatic heterocycles. The maximum atomic E-state index is 12.9. The van der Waals surface area contributed by atoms with E-state index in [0.29, 0.717) is 22.4 Å². The standard InChI is InChI=1S/C25H20INO3S2/c1-29-21-10-6-18(7-11-21)15-27-24(28)23(32-25(27)31)14-17-4-12-22(13-5-17)30-16-19-2-8-20(26)9-3-19/h2-14H,15-16H2,1H3/b23-14+. The van der Waals surface area contributed by atoms with E-state index in [2.05, 4.69) is 46.9 Å². The third kappa shape index (κ3) is 5.70. The molecule has 3 aromatic carbocycles. The summed E-state index contributed by atoms with van der Waals surface area (Å²) >= 11 is 9.06. The SMILES string of the molecule is COc1ccc(CN2C(=O)/C(=C\c3ccc(OCc4ccc(I)cc4)cc3)SC2=S)cc1. The summed E-state index contributed by atoms with van der Waals surface area (Å²) in [5.74, 6) is 1.49. The normalized spacial score (nSPS) is 14.8. The zero-order chi connectivity index (χ0) is 22.5. The Hall–Kier alpha value is -2.36. The Kier molecular flexibility index (Phi) is 7.49. The molecule has 1 heterocycles. The van der Waals surface area contributed by atoms with E-state index < -0.39 is 0 Å². The van der Waals surface area contributed by atoms with Gasteiger partial charge in [0, 0.05) is 3.57 Å². The predicted octanol–water partition coefficient (Wildman–Crippen LogP) is 6.28. The van der Waals surface area contributed by atoms with Gasteiger partial charge in [-0.3, -0.25) is 9.69 Å². The molecule has 0 radical (unpaired) electrons. The molecule has 1 saturated heterocycles. The van der Waals surface area contributed by atoms with Gasteiger partial charge >= 0.3 is 0 Å². The van der Waals surface area contributed by atoms with Crippen molar-refractivity contribution in [3.05, 3.63) is 98.0 Å². The summed E-state index contributed by atoms with van der Waals surface area (Å²) in [6, 6.07) is 23.6. The zero-order valence-corrected chi connectivity index (χ0v) is 21.1. The molecule has 4 nitrogen and oxygen atoms in total. The molecule has 0 N–H and O–H groups in total. The van der Waals surface area contributed by atoms with E-state index in [1.165, 1.54) is 15.3 Å². The molecule has 0 unspecified atom stereocenters. The number of methoxy groups -OCH3 is 1. The lowest BCUT2D eigenvalue weighted by molar-refractivity contribution is -0.122. The van der Waals surface area contributed by atoms with Crippen molar-refractivity contribution in [2.24, 2.45) is 0 Å². The molecule has 0 aliphatic carbocycles. The second-order valence-electron chi connectivity index (χ2n) is 7.10. The Balaban J connectivity index is 1.39. The molecule has 4 rings (SSSR count). The molecule has 3 aromatic rings. The number of ether oxygens (including phenoxy) is 2. The van der Waals surface area contributed by atoms with Crippen molar-refractivity contribution in [3.63, 3.8) is 0 Å². The molecule has 1 aliphatic rings. The first-order valence-electron chi connectivity index (χ1n) is 9.87. The van der Waals surface area contributed by atoms with Gasteiger partial charge in [0.1, 0.15) is 22.4 Å². The minimum absolute atomic E-state index is 0.0742. The zero-order valence-electron chi connectivity index (χ0n) is 17.3. The Morgan fingerprint density at radius 1 is 0.938 bits per heavy atom. The Bertz CT molecular complexity index is 1140. The van der Waals surface area contributed by atoms with Crippen LogP contribution in [0.1, 0.15) is 16.7 Å². The largest absolute Gasteiger partial charge is 0.497 e. The van der Waals surface area contributed by atoms with Gasteiger partial charge < -0.3 is 9.47 Å². The fraction of sp³-hybridized carbons (Fsp3) is 0.120. The van der Waals surface area contributed by atoms with E-state index in [1.807, 2.05) is 54.6 Å². The lowest BCUT2D eigenvalue weighted by atomic mass is 10.2. The number of halogens is 1. The Morgan fingerprint density at radius 2 is 1.56 bits per heavy atom. The number of hydrogen-bond acceptors (Lipinski definition) is 5. The van der Waals surface area contributed by atoms with Crippen LogP contribution >= 0.6 is 46.6 Å². The second kappa shape index (κ2) is 10.5. The van der Waals surface area contributed by atoms with Crippen LogP contribution in [0.2, 0.25) is 0 Å². The monoisotopic (exact) mass is 573 g/mol. The topological polar surface area (TPSA) is 38.8 Å². The maximum Gasteiger partial charge on any atom is 0.266 e. The summed E-state index contributed by atoms with van der Waals surface area (Å²) in [4.78, 5) is 15.1. The van der Waals surface area contributed by atoms with Crippen molar-refractivity contribution in [2.45, 2.75) is 13.2 Å². The number of benzene rings is 3. The number of thiocarbonyl (C=S) groups is 1. The third-order valence-electron chi connectivity index (χ3n) is 4.87. The molecule has 0 spiro atoms. The molecule has 1 fully saturated rings. The molecule has 162 valence electrons. The first-order valence-corrected chi connectivity index (χ1v) is 12.2. The number of thioether (sulfide) groups is 1. The van der Waals surface area contributed by atoms with Crippen LogP contribution in [0.15, 0.2) is 77.7 Å². The number of carbonyl (C=O) groups excluding carboxylic acids is 1. The summed E-state index contributed by atoms with van der Waals surface area (Å²) < 4.78 is 12.8. The van der Waals surface area contributed by atoms with E-state index in [0.717, 1.165) is 28.2 Å². The van der Waals surface area contributed by atoms with Gasteiger partial charge in [0.15, 0.2) is 0 Å². The van der Waals surface area contributed by atoms with Gasteiger partial charge in [-0.05, 0) is 81.8 Å². The van der Waals surface area contributed by atoms with Crippen molar-refractivity contribution < 1.29 is 14.3 Å². The Labute approximate surface area is 210 Å². The second-order valence-corrected chi connectivity index (χ2v) is 10.0. The molecular formula is C25H20INO3S2. The summed E-state index contributed by atoms with van der Waals surface area (Å²) in [6.45, 7) is 0.956.